The molecule has 2 N–H and O–H groups in total. The Hall–Kier alpha value is -3.25. The number of furan rings is 1. The highest BCUT2D eigenvalue weighted by Crippen LogP contribution is 2.29. The number of hydrogen-bond acceptors (Lipinski definition) is 4. The molecular formula is C22H21ClN2O4. The summed E-state index contributed by atoms with van der Waals surface area (Å²) in [6.45, 7) is 5.49. The van der Waals surface area contributed by atoms with Crippen LogP contribution in [0.1, 0.15) is 27.2 Å². The number of carbonyl (C=O) groups excluding carboxylic acids is 2. The van der Waals surface area contributed by atoms with E-state index < -0.39 is 0 Å². The minimum Gasteiger partial charge on any atom is -0.482 e. The van der Waals surface area contributed by atoms with Crippen molar-refractivity contribution in [3.05, 3.63) is 76.2 Å². The van der Waals surface area contributed by atoms with Crippen molar-refractivity contribution >= 4 is 34.8 Å². The van der Waals surface area contributed by atoms with Crippen molar-refractivity contribution in [3.8, 4) is 5.75 Å². The summed E-state index contributed by atoms with van der Waals surface area (Å²) >= 11 is 6.20. The first kappa shape index (κ1) is 20.5. The molecule has 3 rings (SSSR count). The third-order valence-electron chi connectivity index (χ3n) is 4.22. The molecule has 0 aliphatic carbocycles. The Morgan fingerprint density at radius 1 is 1.03 bits per heavy atom. The maximum Gasteiger partial charge on any atom is 0.291 e. The summed E-state index contributed by atoms with van der Waals surface area (Å²) in [6, 6.07) is 12.1. The van der Waals surface area contributed by atoms with Gasteiger partial charge in [-0.3, -0.25) is 9.59 Å². The number of nitrogens with one attached hydrogen (secondary N) is 2. The van der Waals surface area contributed by atoms with E-state index in [1.54, 1.807) is 36.4 Å². The molecule has 0 radical (unpaired) electrons. The molecule has 0 saturated carbocycles. The fraction of sp³-hybridized carbons (Fsp3) is 0.182. The van der Waals surface area contributed by atoms with Crippen LogP contribution in [-0.4, -0.2) is 18.4 Å². The van der Waals surface area contributed by atoms with Gasteiger partial charge < -0.3 is 19.8 Å². The summed E-state index contributed by atoms with van der Waals surface area (Å²) in [4.78, 5) is 24.3. The number of ether oxygens (including phenoxy) is 1. The lowest BCUT2D eigenvalue weighted by Gasteiger charge is -2.13. The second kappa shape index (κ2) is 8.84. The van der Waals surface area contributed by atoms with Crippen LogP contribution in [0, 0.1) is 20.8 Å². The summed E-state index contributed by atoms with van der Waals surface area (Å²) in [7, 11) is 0. The fourth-order valence-electron chi connectivity index (χ4n) is 2.89. The van der Waals surface area contributed by atoms with Crippen LogP contribution in [0.25, 0.3) is 0 Å². The Balaban J connectivity index is 1.60. The van der Waals surface area contributed by atoms with Gasteiger partial charge in [-0.05, 0) is 73.9 Å². The van der Waals surface area contributed by atoms with Crippen LogP contribution in [0.3, 0.4) is 0 Å². The van der Waals surface area contributed by atoms with Crippen LogP contribution in [0.4, 0.5) is 11.4 Å². The second-order valence-corrected chi connectivity index (χ2v) is 7.10. The second-order valence-electron chi connectivity index (χ2n) is 6.69. The molecule has 0 atom stereocenters. The summed E-state index contributed by atoms with van der Waals surface area (Å²) in [5.74, 6) is 0.0741. The molecule has 1 aromatic heterocycles. The van der Waals surface area contributed by atoms with E-state index in [9.17, 15) is 9.59 Å². The van der Waals surface area contributed by atoms with Gasteiger partial charge in [-0.25, -0.2) is 0 Å². The van der Waals surface area contributed by atoms with Gasteiger partial charge in [-0.2, -0.15) is 0 Å². The fourth-order valence-corrected chi connectivity index (χ4v) is 3.27. The maximum absolute atomic E-state index is 12.2. The van der Waals surface area contributed by atoms with Crippen molar-refractivity contribution in [2.24, 2.45) is 0 Å². The highest BCUT2D eigenvalue weighted by atomic mass is 35.5. The summed E-state index contributed by atoms with van der Waals surface area (Å²) < 4.78 is 10.7. The number of rotatable bonds is 6. The van der Waals surface area contributed by atoms with E-state index in [1.165, 1.54) is 6.26 Å². The molecule has 0 spiro atoms. The van der Waals surface area contributed by atoms with Crippen LogP contribution in [-0.2, 0) is 4.79 Å². The van der Waals surface area contributed by atoms with Crippen molar-refractivity contribution < 1.29 is 18.7 Å². The summed E-state index contributed by atoms with van der Waals surface area (Å²) in [6.07, 6.45) is 1.44. The SMILES string of the molecule is Cc1cc(C)c(OCC(=O)Nc2ccc(NC(=O)c3ccco3)c(C)c2)c(Cl)c1. The van der Waals surface area contributed by atoms with Crippen molar-refractivity contribution in [2.75, 3.05) is 17.2 Å². The van der Waals surface area contributed by atoms with Crippen LogP contribution in [0.2, 0.25) is 5.02 Å². The van der Waals surface area contributed by atoms with Crippen LogP contribution >= 0.6 is 11.6 Å². The van der Waals surface area contributed by atoms with Crippen molar-refractivity contribution in [3.63, 3.8) is 0 Å². The van der Waals surface area contributed by atoms with E-state index in [1.807, 2.05) is 26.8 Å². The maximum atomic E-state index is 12.2. The predicted octanol–water partition coefficient (Wildman–Crippen LogP) is 5.13. The van der Waals surface area contributed by atoms with Gasteiger partial charge in [0.15, 0.2) is 12.4 Å². The average molecular weight is 413 g/mol. The Bertz CT molecular complexity index is 1020. The van der Waals surface area contributed by atoms with Gasteiger partial charge in [0, 0.05) is 11.4 Å². The Morgan fingerprint density at radius 2 is 1.83 bits per heavy atom. The van der Waals surface area contributed by atoms with E-state index in [4.69, 9.17) is 20.8 Å². The first-order valence-electron chi connectivity index (χ1n) is 8.98. The van der Waals surface area contributed by atoms with E-state index in [0.717, 1.165) is 16.7 Å². The third kappa shape index (κ3) is 5.18. The largest absolute Gasteiger partial charge is 0.482 e. The molecule has 1 heterocycles. The minimum absolute atomic E-state index is 0.167. The van der Waals surface area contributed by atoms with E-state index >= 15 is 0 Å². The van der Waals surface area contributed by atoms with Gasteiger partial charge in [0.1, 0.15) is 5.75 Å². The molecule has 6 nitrogen and oxygen atoms in total. The lowest BCUT2D eigenvalue weighted by atomic mass is 10.1. The van der Waals surface area contributed by atoms with Crippen LogP contribution in [0.5, 0.6) is 5.75 Å². The molecule has 2 aromatic carbocycles. The van der Waals surface area contributed by atoms with Crippen LogP contribution < -0.4 is 15.4 Å². The van der Waals surface area contributed by atoms with Crippen molar-refractivity contribution in [1.82, 2.24) is 0 Å². The number of anilines is 2. The first-order chi connectivity index (χ1) is 13.8. The van der Waals surface area contributed by atoms with Crippen molar-refractivity contribution in [2.45, 2.75) is 20.8 Å². The number of aryl methyl sites for hydroxylation is 3. The van der Waals surface area contributed by atoms with Gasteiger partial charge in [-0.1, -0.05) is 17.7 Å². The summed E-state index contributed by atoms with van der Waals surface area (Å²) in [5.41, 5.74) is 3.91. The first-order valence-corrected chi connectivity index (χ1v) is 9.36. The van der Waals surface area contributed by atoms with Gasteiger partial charge in [0.25, 0.3) is 11.8 Å². The van der Waals surface area contributed by atoms with E-state index in [-0.39, 0.29) is 24.2 Å². The summed E-state index contributed by atoms with van der Waals surface area (Å²) in [5, 5.41) is 6.02. The van der Waals surface area contributed by atoms with Crippen LogP contribution in [0.15, 0.2) is 53.1 Å². The Morgan fingerprint density at radius 3 is 2.48 bits per heavy atom. The molecule has 3 aromatic rings. The van der Waals surface area contributed by atoms with Gasteiger partial charge >= 0.3 is 0 Å². The quantitative estimate of drug-likeness (QED) is 0.588. The molecule has 29 heavy (non-hydrogen) atoms. The molecule has 2 amide bonds. The normalized spacial score (nSPS) is 10.5. The van der Waals surface area contributed by atoms with E-state index in [0.29, 0.717) is 22.1 Å². The standard InChI is InChI=1S/C22H21ClN2O4/c1-13-9-15(3)21(17(23)10-13)29-12-20(26)24-16-6-7-18(14(2)11-16)25-22(27)19-5-4-8-28-19/h4-11H,12H2,1-3H3,(H,24,26)(H,25,27). The molecule has 0 saturated heterocycles. The molecule has 0 aliphatic rings. The van der Waals surface area contributed by atoms with Gasteiger partial charge in [0.05, 0.1) is 11.3 Å². The monoisotopic (exact) mass is 412 g/mol. The molecule has 0 aliphatic heterocycles. The topological polar surface area (TPSA) is 80.6 Å². The number of benzene rings is 2. The third-order valence-corrected chi connectivity index (χ3v) is 4.51. The zero-order valence-corrected chi connectivity index (χ0v) is 17.1. The molecule has 150 valence electrons. The zero-order chi connectivity index (χ0) is 21.0. The Kier molecular flexibility index (Phi) is 6.24. The lowest BCUT2D eigenvalue weighted by Crippen LogP contribution is -2.20. The molecule has 0 fully saturated rings. The average Bonchev–Trinajstić information content (AvgIpc) is 3.18. The molecule has 0 unspecified atom stereocenters. The van der Waals surface area contributed by atoms with Gasteiger partial charge in [0.2, 0.25) is 0 Å². The van der Waals surface area contributed by atoms with Crippen molar-refractivity contribution in [1.29, 1.82) is 0 Å². The molecule has 7 heteroatoms. The Labute approximate surface area is 173 Å². The minimum atomic E-state index is -0.339. The highest BCUT2D eigenvalue weighted by Gasteiger charge is 2.12. The zero-order valence-electron chi connectivity index (χ0n) is 16.3. The molecular weight excluding hydrogens is 392 g/mol. The van der Waals surface area contributed by atoms with E-state index in [2.05, 4.69) is 10.6 Å². The predicted molar refractivity (Wildman–Crippen MR) is 113 cm³/mol. The molecule has 0 bridgehead atoms. The van der Waals surface area contributed by atoms with Gasteiger partial charge in [-0.15, -0.1) is 0 Å². The number of halogens is 1. The lowest BCUT2D eigenvalue weighted by molar-refractivity contribution is -0.118. The number of hydrogen-bond donors (Lipinski definition) is 2. The highest BCUT2D eigenvalue weighted by molar-refractivity contribution is 6.32. The number of amides is 2. The smallest absolute Gasteiger partial charge is 0.291 e. The number of carbonyl (C=O) groups is 2.